The molecule has 142 valence electrons. The molecule has 3 aromatic carbocycles. The van der Waals surface area contributed by atoms with Crippen LogP contribution in [0, 0.1) is 0 Å². The van der Waals surface area contributed by atoms with Crippen LogP contribution >= 0.6 is 0 Å². The smallest absolute Gasteiger partial charge is 0.254 e. The van der Waals surface area contributed by atoms with Gasteiger partial charge in [-0.25, -0.2) is 0 Å². The zero-order valence-electron chi connectivity index (χ0n) is 15.7. The minimum absolute atomic E-state index is 0.0834. The van der Waals surface area contributed by atoms with Gasteiger partial charge in [0.05, 0.1) is 13.2 Å². The van der Waals surface area contributed by atoms with Gasteiger partial charge in [0.25, 0.3) is 5.91 Å². The van der Waals surface area contributed by atoms with Gasteiger partial charge in [-0.3, -0.25) is 4.79 Å². The van der Waals surface area contributed by atoms with Crippen molar-refractivity contribution in [2.24, 2.45) is 0 Å². The predicted octanol–water partition coefficient (Wildman–Crippen LogP) is 3.84. The first-order valence-electron chi connectivity index (χ1n) is 9.46. The number of carbonyl (C=O) groups excluding carboxylic acids is 1. The van der Waals surface area contributed by atoms with Crippen LogP contribution in [0.2, 0.25) is 0 Å². The Kier molecular flexibility index (Phi) is 4.26. The van der Waals surface area contributed by atoms with Gasteiger partial charge in [-0.2, -0.15) is 0 Å². The third kappa shape index (κ3) is 3.03. The number of nitrogens with zero attached hydrogens (tertiary/aromatic N) is 1. The number of amides is 1. The summed E-state index contributed by atoms with van der Waals surface area (Å²) in [6.45, 7) is 2.23. The fourth-order valence-electron chi connectivity index (χ4n) is 3.91. The number of benzene rings is 3. The van der Waals surface area contributed by atoms with Gasteiger partial charge in [-0.1, -0.05) is 30.3 Å². The fraction of sp³-hybridized carbons (Fsp3) is 0.261. The normalized spacial score (nSPS) is 16.8. The number of carbonyl (C=O) groups is 1. The van der Waals surface area contributed by atoms with Crippen molar-refractivity contribution in [1.82, 2.24) is 4.90 Å². The minimum Gasteiger partial charge on any atom is -0.488 e. The Bertz CT molecular complexity index is 1060. The molecule has 2 aliphatic heterocycles. The number of fused-ring (bicyclic) bond motifs is 2. The second kappa shape index (κ2) is 6.93. The van der Waals surface area contributed by atoms with Crippen molar-refractivity contribution in [3.05, 3.63) is 65.7 Å². The van der Waals surface area contributed by atoms with Crippen LogP contribution in [0.1, 0.15) is 15.9 Å². The molecule has 0 spiro atoms. The van der Waals surface area contributed by atoms with E-state index in [1.807, 2.05) is 37.4 Å². The molecule has 1 amide bonds. The Morgan fingerprint density at radius 2 is 1.86 bits per heavy atom. The van der Waals surface area contributed by atoms with Crippen molar-refractivity contribution in [2.45, 2.75) is 12.8 Å². The molecular weight excluding hydrogens is 354 g/mol. The van der Waals surface area contributed by atoms with E-state index in [1.54, 1.807) is 4.90 Å². The molecule has 5 nitrogen and oxygen atoms in total. The highest BCUT2D eigenvalue weighted by atomic mass is 16.7. The summed E-state index contributed by atoms with van der Waals surface area (Å²) in [5, 5.41) is 2.26. The van der Waals surface area contributed by atoms with Crippen LogP contribution in [0.3, 0.4) is 0 Å². The lowest BCUT2D eigenvalue weighted by atomic mass is 9.95. The zero-order valence-corrected chi connectivity index (χ0v) is 15.7. The molecule has 3 aromatic rings. The van der Waals surface area contributed by atoms with E-state index < -0.39 is 0 Å². The highest BCUT2D eigenvalue weighted by molar-refractivity contribution is 6.01. The van der Waals surface area contributed by atoms with E-state index in [0.29, 0.717) is 26.4 Å². The Labute approximate surface area is 163 Å². The summed E-state index contributed by atoms with van der Waals surface area (Å²) in [5.74, 6) is 0.863. The van der Waals surface area contributed by atoms with Gasteiger partial charge in [-0.15, -0.1) is 0 Å². The molecule has 0 bridgehead atoms. The van der Waals surface area contributed by atoms with E-state index in [4.69, 9.17) is 14.2 Å². The largest absolute Gasteiger partial charge is 0.488 e. The third-order valence-corrected chi connectivity index (χ3v) is 5.31. The average molecular weight is 375 g/mol. The highest BCUT2D eigenvalue weighted by Gasteiger charge is 2.24. The lowest BCUT2D eigenvalue weighted by Crippen LogP contribution is -2.18. The van der Waals surface area contributed by atoms with Crippen LogP contribution in [-0.2, 0) is 16.0 Å². The van der Waals surface area contributed by atoms with Crippen molar-refractivity contribution in [3.8, 4) is 16.9 Å². The number of hydrogen-bond donors (Lipinski definition) is 0. The molecule has 0 N–H and O–H groups in total. The molecule has 1 saturated heterocycles. The molecule has 28 heavy (non-hydrogen) atoms. The Morgan fingerprint density at radius 3 is 2.71 bits per heavy atom. The van der Waals surface area contributed by atoms with Gasteiger partial charge in [0.1, 0.15) is 12.4 Å². The van der Waals surface area contributed by atoms with E-state index >= 15 is 0 Å². The SMILES string of the molecule is CN1Cc2cc(-c3cc(OCC4OCCO4)cc4ccccc34)ccc2C1=O. The minimum atomic E-state index is -0.309. The van der Waals surface area contributed by atoms with Crippen molar-refractivity contribution >= 4 is 16.7 Å². The molecule has 0 unspecified atom stereocenters. The van der Waals surface area contributed by atoms with Crippen LogP contribution in [0.5, 0.6) is 5.75 Å². The summed E-state index contributed by atoms with van der Waals surface area (Å²) in [5.41, 5.74) is 4.02. The van der Waals surface area contributed by atoms with Crippen LogP contribution in [0.4, 0.5) is 0 Å². The van der Waals surface area contributed by atoms with Crippen LogP contribution < -0.4 is 4.74 Å². The maximum absolute atomic E-state index is 12.2. The maximum atomic E-state index is 12.2. The number of rotatable bonds is 4. The van der Waals surface area contributed by atoms with Crippen molar-refractivity contribution in [2.75, 3.05) is 26.9 Å². The number of ether oxygens (including phenoxy) is 3. The van der Waals surface area contributed by atoms with Gasteiger partial charge < -0.3 is 19.1 Å². The third-order valence-electron chi connectivity index (χ3n) is 5.31. The first-order chi connectivity index (χ1) is 13.7. The van der Waals surface area contributed by atoms with Crippen molar-refractivity contribution < 1.29 is 19.0 Å². The molecule has 0 aliphatic carbocycles. The molecule has 0 saturated carbocycles. The Morgan fingerprint density at radius 1 is 1.04 bits per heavy atom. The summed E-state index contributed by atoms with van der Waals surface area (Å²) in [6.07, 6.45) is -0.309. The van der Waals surface area contributed by atoms with E-state index in [2.05, 4.69) is 24.3 Å². The molecule has 0 aromatic heterocycles. The summed E-state index contributed by atoms with van der Waals surface area (Å²) in [4.78, 5) is 13.9. The standard InChI is InChI=1S/C23H21NO4/c1-24-13-17-10-16(6-7-20(17)23(24)25)21-12-18(28-14-22-26-8-9-27-22)11-15-4-2-3-5-19(15)21/h2-7,10-12,22H,8-9,13-14H2,1H3. The lowest BCUT2D eigenvalue weighted by Gasteiger charge is -2.14. The molecule has 0 radical (unpaired) electrons. The fourth-order valence-corrected chi connectivity index (χ4v) is 3.91. The maximum Gasteiger partial charge on any atom is 0.254 e. The Hall–Kier alpha value is -2.89. The van der Waals surface area contributed by atoms with E-state index in [9.17, 15) is 4.79 Å². The van der Waals surface area contributed by atoms with Crippen LogP contribution in [0.15, 0.2) is 54.6 Å². The van der Waals surface area contributed by atoms with E-state index in [0.717, 1.165) is 38.8 Å². The lowest BCUT2D eigenvalue weighted by molar-refractivity contribution is -0.0683. The Balaban J connectivity index is 1.54. The summed E-state index contributed by atoms with van der Waals surface area (Å²) < 4.78 is 16.9. The molecule has 0 atom stereocenters. The summed E-state index contributed by atoms with van der Waals surface area (Å²) in [7, 11) is 1.83. The zero-order chi connectivity index (χ0) is 19.1. The van der Waals surface area contributed by atoms with Gasteiger partial charge in [0.15, 0.2) is 6.29 Å². The van der Waals surface area contributed by atoms with Gasteiger partial charge >= 0.3 is 0 Å². The highest BCUT2D eigenvalue weighted by Crippen LogP contribution is 2.35. The molecule has 1 fully saturated rings. The summed E-state index contributed by atoms with van der Waals surface area (Å²) in [6, 6.07) is 18.4. The second-order valence-corrected chi connectivity index (χ2v) is 7.21. The van der Waals surface area contributed by atoms with Crippen molar-refractivity contribution in [1.29, 1.82) is 0 Å². The molecular formula is C23H21NO4. The van der Waals surface area contributed by atoms with E-state index in [-0.39, 0.29) is 12.2 Å². The van der Waals surface area contributed by atoms with Crippen LogP contribution in [0.25, 0.3) is 21.9 Å². The molecule has 5 heteroatoms. The van der Waals surface area contributed by atoms with Crippen LogP contribution in [-0.4, -0.2) is 44.0 Å². The van der Waals surface area contributed by atoms with Gasteiger partial charge in [-0.05, 0) is 51.7 Å². The first-order valence-corrected chi connectivity index (χ1v) is 9.46. The molecule has 2 heterocycles. The monoisotopic (exact) mass is 375 g/mol. The predicted molar refractivity (Wildman–Crippen MR) is 106 cm³/mol. The van der Waals surface area contributed by atoms with Gasteiger partial charge in [0.2, 0.25) is 0 Å². The van der Waals surface area contributed by atoms with Gasteiger partial charge in [0, 0.05) is 19.2 Å². The van der Waals surface area contributed by atoms with E-state index in [1.165, 1.54) is 0 Å². The average Bonchev–Trinajstić information content (AvgIpc) is 3.34. The number of hydrogen-bond acceptors (Lipinski definition) is 4. The quantitative estimate of drug-likeness (QED) is 0.695. The van der Waals surface area contributed by atoms with Crippen molar-refractivity contribution in [3.63, 3.8) is 0 Å². The topological polar surface area (TPSA) is 48.0 Å². The summed E-state index contributed by atoms with van der Waals surface area (Å²) >= 11 is 0. The molecule has 2 aliphatic rings. The second-order valence-electron chi connectivity index (χ2n) is 7.21. The molecule has 5 rings (SSSR count). The first kappa shape index (κ1) is 17.2.